The quantitative estimate of drug-likeness (QED) is 0.389. The van der Waals surface area contributed by atoms with Crippen molar-refractivity contribution in [1.82, 2.24) is 15.6 Å². The van der Waals surface area contributed by atoms with Crippen LogP contribution in [0.5, 0.6) is 0 Å². The highest BCUT2D eigenvalue weighted by molar-refractivity contribution is 14.0. The summed E-state index contributed by atoms with van der Waals surface area (Å²) in [6, 6.07) is 12.7. The maximum atomic E-state index is 4.61. The lowest BCUT2D eigenvalue weighted by Gasteiger charge is -2.14. The molecule has 5 nitrogen and oxygen atoms in total. The Kier molecular flexibility index (Phi) is 9.40. The molecule has 142 valence electrons. The van der Waals surface area contributed by atoms with Gasteiger partial charge in [0, 0.05) is 27.7 Å². The number of rotatable bonds is 6. The van der Waals surface area contributed by atoms with E-state index in [4.69, 9.17) is 0 Å². The number of guanidine groups is 1. The maximum Gasteiger partial charge on any atom is 0.191 e. The minimum Gasteiger partial charge on any atom is -0.363 e. The summed E-state index contributed by atoms with van der Waals surface area (Å²) >= 11 is 0. The molecule has 0 amide bonds. The normalized spacial score (nSPS) is 10.9. The van der Waals surface area contributed by atoms with Crippen molar-refractivity contribution >= 4 is 35.8 Å². The molecule has 2 aromatic rings. The molecule has 0 bridgehead atoms. The molecule has 0 spiro atoms. The molecule has 2 N–H and O–H groups in total. The zero-order valence-corrected chi connectivity index (χ0v) is 18.7. The molecule has 1 aromatic heterocycles. The van der Waals surface area contributed by atoms with Gasteiger partial charge >= 0.3 is 0 Å². The molecule has 0 radical (unpaired) electrons. The van der Waals surface area contributed by atoms with Crippen LogP contribution in [0, 0.1) is 13.8 Å². The summed E-state index contributed by atoms with van der Waals surface area (Å²) in [6.07, 6.45) is 0.970. The smallest absolute Gasteiger partial charge is 0.191 e. The molecule has 0 aliphatic heterocycles. The molecule has 2 rings (SSSR count). The number of hydrogen-bond acceptors (Lipinski definition) is 3. The Labute approximate surface area is 174 Å². The Balaban J connectivity index is 0.00000338. The topological polar surface area (TPSA) is 52.6 Å². The SMILES string of the molecule is CN=C(NCCc1cc(C)cc(C)c1)NCc1cccc(N(C)C)n1.I. The molecule has 0 saturated heterocycles. The third-order valence-corrected chi connectivity index (χ3v) is 3.90. The maximum absolute atomic E-state index is 4.61. The minimum atomic E-state index is 0. The molecule has 0 aliphatic carbocycles. The Morgan fingerprint density at radius 3 is 2.38 bits per heavy atom. The van der Waals surface area contributed by atoms with Crippen LogP contribution in [0.2, 0.25) is 0 Å². The fraction of sp³-hybridized carbons (Fsp3) is 0.400. The number of benzene rings is 1. The van der Waals surface area contributed by atoms with Gasteiger partial charge in [-0.1, -0.05) is 35.4 Å². The first-order valence-corrected chi connectivity index (χ1v) is 8.63. The summed E-state index contributed by atoms with van der Waals surface area (Å²) in [5, 5.41) is 6.68. The minimum absolute atomic E-state index is 0. The van der Waals surface area contributed by atoms with E-state index in [-0.39, 0.29) is 24.0 Å². The van der Waals surface area contributed by atoms with Crippen LogP contribution in [-0.4, -0.2) is 38.6 Å². The van der Waals surface area contributed by atoms with Crippen LogP contribution in [0.3, 0.4) is 0 Å². The van der Waals surface area contributed by atoms with Gasteiger partial charge in [0.15, 0.2) is 5.96 Å². The number of aliphatic imine (C=N–C) groups is 1. The Morgan fingerprint density at radius 1 is 1.08 bits per heavy atom. The van der Waals surface area contributed by atoms with Crippen molar-refractivity contribution in [2.24, 2.45) is 4.99 Å². The average molecular weight is 467 g/mol. The Morgan fingerprint density at radius 2 is 1.77 bits per heavy atom. The van der Waals surface area contributed by atoms with Crippen LogP contribution in [0.1, 0.15) is 22.4 Å². The van der Waals surface area contributed by atoms with Gasteiger partial charge in [-0.3, -0.25) is 4.99 Å². The van der Waals surface area contributed by atoms with Gasteiger partial charge in [-0.2, -0.15) is 0 Å². The number of aryl methyl sites for hydroxylation is 2. The Hall–Kier alpha value is -1.83. The number of anilines is 1. The second-order valence-corrected chi connectivity index (χ2v) is 6.48. The molecule has 0 fully saturated rings. The molecule has 26 heavy (non-hydrogen) atoms. The summed E-state index contributed by atoms with van der Waals surface area (Å²) in [4.78, 5) is 10.9. The standard InChI is InChI=1S/C20H29N5.HI/c1-15-11-16(2)13-17(12-15)9-10-22-20(21-3)23-14-18-7-6-8-19(24-18)25(4)5;/h6-8,11-13H,9-10,14H2,1-5H3,(H2,21,22,23);1H. The van der Waals surface area contributed by atoms with Crippen molar-refractivity contribution in [3.8, 4) is 0 Å². The molecular weight excluding hydrogens is 437 g/mol. The van der Waals surface area contributed by atoms with E-state index in [1.54, 1.807) is 7.05 Å². The Bertz CT molecular complexity index is 708. The van der Waals surface area contributed by atoms with E-state index >= 15 is 0 Å². The molecule has 0 aliphatic rings. The van der Waals surface area contributed by atoms with Crippen LogP contribution in [0.4, 0.5) is 5.82 Å². The molecule has 1 heterocycles. The van der Waals surface area contributed by atoms with Crippen molar-refractivity contribution in [2.75, 3.05) is 32.6 Å². The second-order valence-electron chi connectivity index (χ2n) is 6.48. The molecule has 1 aromatic carbocycles. The van der Waals surface area contributed by atoms with E-state index in [2.05, 4.69) is 52.7 Å². The summed E-state index contributed by atoms with van der Waals surface area (Å²) in [5.74, 6) is 1.75. The largest absolute Gasteiger partial charge is 0.363 e. The first-order chi connectivity index (χ1) is 12.0. The zero-order chi connectivity index (χ0) is 18.2. The summed E-state index contributed by atoms with van der Waals surface area (Å²) < 4.78 is 0. The van der Waals surface area contributed by atoms with Gasteiger partial charge in [0.05, 0.1) is 12.2 Å². The summed E-state index contributed by atoms with van der Waals surface area (Å²) in [6.45, 7) is 5.76. The van der Waals surface area contributed by atoms with Crippen LogP contribution >= 0.6 is 24.0 Å². The third kappa shape index (κ3) is 7.19. The van der Waals surface area contributed by atoms with Crippen molar-refractivity contribution in [3.63, 3.8) is 0 Å². The third-order valence-electron chi connectivity index (χ3n) is 3.90. The van der Waals surface area contributed by atoms with Gasteiger partial charge in [0.25, 0.3) is 0 Å². The van der Waals surface area contributed by atoms with E-state index < -0.39 is 0 Å². The fourth-order valence-corrected chi connectivity index (χ4v) is 2.75. The van der Waals surface area contributed by atoms with E-state index in [1.165, 1.54) is 16.7 Å². The van der Waals surface area contributed by atoms with Crippen molar-refractivity contribution < 1.29 is 0 Å². The fourth-order valence-electron chi connectivity index (χ4n) is 2.75. The lowest BCUT2D eigenvalue weighted by molar-refractivity contribution is 0.782. The van der Waals surface area contributed by atoms with Crippen LogP contribution in [0.25, 0.3) is 0 Å². The number of nitrogens with zero attached hydrogens (tertiary/aromatic N) is 3. The molecule has 0 atom stereocenters. The summed E-state index contributed by atoms with van der Waals surface area (Å²) in [7, 11) is 5.77. The van der Waals surface area contributed by atoms with Crippen LogP contribution in [0.15, 0.2) is 41.4 Å². The van der Waals surface area contributed by atoms with Gasteiger partial charge in [0.1, 0.15) is 5.82 Å². The first-order valence-electron chi connectivity index (χ1n) is 8.63. The molecule has 0 saturated carbocycles. The monoisotopic (exact) mass is 467 g/mol. The van der Waals surface area contributed by atoms with Crippen LogP contribution in [-0.2, 0) is 13.0 Å². The zero-order valence-electron chi connectivity index (χ0n) is 16.3. The number of halogens is 1. The van der Waals surface area contributed by atoms with E-state index in [0.29, 0.717) is 6.54 Å². The lowest BCUT2D eigenvalue weighted by atomic mass is 10.1. The van der Waals surface area contributed by atoms with Gasteiger partial charge in [-0.15, -0.1) is 24.0 Å². The van der Waals surface area contributed by atoms with Gasteiger partial charge in [-0.25, -0.2) is 4.98 Å². The van der Waals surface area contributed by atoms with Gasteiger partial charge in [-0.05, 0) is 38.0 Å². The van der Waals surface area contributed by atoms with Crippen molar-refractivity contribution in [3.05, 3.63) is 58.8 Å². The van der Waals surface area contributed by atoms with Crippen molar-refractivity contribution in [1.29, 1.82) is 0 Å². The summed E-state index contributed by atoms with van der Waals surface area (Å²) in [5.41, 5.74) is 4.96. The van der Waals surface area contributed by atoms with Gasteiger partial charge < -0.3 is 15.5 Å². The van der Waals surface area contributed by atoms with Gasteiger partial charge in [0.2, 0.25) is 0 Å². The predicted octanol–water partition coefficient (Wildman–Crippen LogP) is 3.29. The number of nitrogens with one attached hydrogen (secondary N) is 2. The number of aromatic nitrogens is 1. The lowest BCUT2D eigenvalue weighted by Crippen LogP contribution is -2.38. The van der Waals surface area contributed by atoms with E-state index in [1.807, 2.05) is 37.2 Å². The second kappa shape index (κ2) is 11.0. The molecule has 0 unspecified atom stereocenters. The molecule has 6 heteroatoms. The van der Waals surface area contributed by atoms with E-state index in [0.717, 1.165) is 30.4 Å². The molecular formula is C20H30IN5. The van der Waals surface area contributed by atoms with Crippen molar-refractivity contribution in [2.45, 2.75) is 26.8 Å². The average Bonchev–Trinajstić information content (AvgIpc) is 2.57. The predicted molar refractivity (Wildman–Crippen MR) is 122 cm³/mol. The highest BCUT2D eigenvalue weighted by Crippen LogP contribution is 2.09. The van der Waals surface area contributed by atoms with E-state index in [9.17, 15) is 0 Å². The number of hydrogen-bond donors (Lipinski definition) is 2. The number of pyridine rings is 1. The highest BCUT2D eigenvalue weighted by Gasteiger charge is 2.02. The first kappa shape index (κ1) is 22.2. The van der Waals surface area contributed by atoms with Crippen LogP contribution < -0.4 is 15.5 Å². The highest BCUT2D eigenvalue weighted by atomic mass is 127.